The van der Waals surface area contributed by atoms with Gasteiger partial charge < -0.3 is 34.3 Å². The Hall–Kier alpha value is -4.12. The highest BCUT2D eigenvalue weighted by atomic mass is 16.6. The van der Waals surface area contributed by atoms with Crippen molar-refractivity contribution in [2.24, 2.45) is 0 Å². The minimum atomic E-state index is -1.05. The maximum atomic E-state index is 13.3. The first kappa shape index (κ1) is 31.8. The number of nitrogens with zero attached hydrogens (tertiary/aromatic N) is 2. The van der Waals surface area contributed by atoms with Crippen molar-refractivity contribution in [2.45, 2.75) is 83.3 Å². The molecule has 0 bridgehead atoms. The zero-order chi connectivity index (χ0) is 30.8. The van der Waals surface area contributed by atoms with Crippen LogP contribution in [0.5, 0.6) is 5.75 Å². The largest absolute Gasteiger partial charge is 0.480 e. The molecule has 11 nitrogen and oxygen atoms in total. The number of amides is 2. The molecule has 4 rings (SSSR count). The Kier molecular flexibility index (Phi) is 11.0. The Morgan fingerprint density at radius 2 is 1.91 bits per heavy atom. The molecule has 1 aromatic carbocycles. The van der Waals surface area contributed by atoms with Crippen LogP contribution in [0.3, 0.4) is 0 Å². The molecule has 1 aromatic heterocycles. The van der Waals surface area contributed by atoms with Gasteiger partial charge in [-0.15, -0.1) is 0 Å². The third-order valence-corrected chi connectivity index (χ3v) is 7.27. The van der Waals surface area contributed by atoms with Crippen LogP contribution in [-0.4, -0.2) is 76.7 Å². The predicted molar refractivity (Wildman–Crippen MR) is 158 cm³/mol. The number of aromatic nitrogens is 1. The molecular weight excluding hydrogens is 554 g/mol. The number of carbonyl (C=O) groups is 3. The molecule has 1 saturated heterocycles. The second kappa shape index (κ2) is 14.9. The lowest BCUT2D eigenvalue weighted by Gasteiger charge is -2.41. The molecule has 2 N–H and O–H groups in total. The van der Waals surface area contributed by atoms with Crippen molar-refractivity contribution < 1.29 is 38.4 Å². The number of aliphatic carboxylic acids is 1. The summed E-state index contributed by atoms with van der Waals surface area (Å²) in [4.78, 5) is 42.6. The fraction of sp³-hybridized carbons (Fsp3) is 0.500. The highest BCUT2D eigenvalue weighted by Crippen LogP contribution is 2.34. The van der Waals surface area contributed by atoms with Gasteiger partial charge in [0.1, 0.15) is 18.0 Å². The van der Waals surface area contributed by atoms with E-state index < -0.39 is 36.4 Å². The lowest BCUT2D eigenvalue weighted by Crippen LogP contribution is -2.59. The number of piperidine rings is 1. The monoisotopic (exact) mass is 595 g/mol. The smallest absolute Gasteiger partial charge is 0.410 e. The number of hydrogen-bond acceptors (Lipinski definition) is 8. The summed E-state index contributed by atoms with van der Waals surface area (Å²) in [7, 11) is 0. The van der Waals surface area contributed by atoms with Crippen LogP contribution < -0.4 is 10.1 Å². The van der Waals surface area contributed by atoms with Gasteiger partial charge in [0, 0.05) is 18.3 Å². The van der Waals surface area contributed by atoms with E-state index in [0.29, 0.717) is 38.0 Å². The minimum Gasteiger partial charge on any atom is -0.480 e. The second-order valence-electron chi connectivity index (χ2n) is 11.7. The van der Waals surface area contributed by atoms with Gasteiger partial charge in [-0.2, -0.15) is 0 Å². The fourth-order valence-corrected chi connectivity index (χ4v) is 5.26. The van der Waals surface area contributed by atoms with E-state index in [1.54, 1.807) is 31.9 Å². The number of carboxylic acid groups (broad SMARTS) is 1. The van der Waals surface area contributed by atoms with E-state index in [1.807, 2.05) is 36.4 Å². The lowest BCUT2D eigenvalue weighted by molar-refractivity contribution is -0.139. The summed E-state index contributed by atoms with van der Waals surface area (Å²) in [6.07, 6.45) is 7.58. The number of ether oxygens (including phenoxy) is 4. The highest BCUT2D eigenvalue weighted by Gasteiger charge is 2.38. The summed E-state index contributed by atoms with van der Waals surface area (Å²) in [5, 5.41) is 12.0. The van der Waals surface area contributed by atoms with Gasteiger partial charge in [0.25, 0.3) is 0 Å². The Labute approximate surface area is 252 Å². The molecule has 1 fully saturated rings. The SMILES string of the molecule is CC(C)(C)OC(=O)N[C@H]1CCCN(C(=O)OCc2ccccc2)[C@H]1COC1CC=C(c2ccncc2OCC(=O)O)CC1. The van der Waals surface area contributed by atoms with E-state index in [1.165, 1.54) is 6.20 Å². The molecular formula is C32H41N3O8. The van der Waals surface area contributed by atoms with Crippen LogP contribution in [0.25, 0.3) is 5.57 Å². The lowest BCUT2D eigenvalue weighted by atomic mass is 9.92. The molecule has 11 heteroatoms. The summed E-state index contributed by atoms with van der Waals surface area (Å²) < 4.78 is 23.0. The molecule has 3 atom stereocenters. The van der Waals surface area contributed by atoms with Gasteiger partial charge in [-0.3, -0.25) is 4.98 Å². The average molecular weight is 596 g/mol. The molecule has 2 aromatic rings. The van der Waals surface area contributed by atoms with Gasteiger partial charge in [-0.05, 0) is 70.1 Å². The standard InChI is InChI=1S/C32H41N3O8/c1-32(2,3)43-30(38)34-26-10-7-17-35(31(39)42-19-22-8-5-4-6-9-22)27(26)20-40-24-13-11-23(12-14-24)25-15-16-33-18-28(25)41-21-29(36)37/h4-6,8-9,11,15-16,18,24,26-27H,7,10,12-14,17,19-21H2,1-3H3,(H,34,38)(H,36,37)/t24?,26-,27-/m0/s1. The summed E-state index contributed by atoms with van der Waals surface area (Å²) in [6, 6.07) is 10.5. The quantitative estimate of drug-likeness (QED) is 0.380. The number of benzene rings is 1. The van der Waals surface area contributed by atoms with Crippen molar-refractivity contribution in [2.75, 3.05) is 19.8 Å². The van der Waals surface area contributed by atoms with E-state index in [9.17, 15) is 14.4 Å². The first-order chi connectivity index (χ1) is 20.6. The number of nitrogens with one attached hydrogen (secondary N) is 1. The van der Waals surface area contributed by atoms with E-state index in [2.05, 4.69) is 16.4 Å². The van der Waals surface area contributed by atoms with E-state index >= 15 is 0 Å². The van der Waals surface area contributed by atoms with Crippen molar-refractivity contribution in [3.63, 3.8) is 0 Å². The van der Waals surface area contributed by atoms with Crippen LogP contribution in [0.2, 0.25) is 0 Å². The Morgan fingerprint density at radius 3 is 2.60 bits per heavy atom. The van der Waals surface area contributed by atoms with E-state index in [0.717, 1.165) is 23.1 Å². The third kappa shape index (κ3) is 9.71. The number of hydrogen-bond donors (Lipinski definition) is 2. The predicted octanol–water partition coefficient (Wildman–Crippen LogP) is 5.19. The molecule has 2 heterocycles. The third-order valence-electron chi connectivity index (χ3n) is 7.27. The molecule has 1 unspecified atom stereocenters. The maximum Gasteiger partial charge on any atom is 0.410 e. The summed E-state index contributed by atoms with van der Waals surface area (Å²) in [5.74, 6) is -0.625. The highest BCUT2D eigenvalue weighted by molar-refractivity contribution is 5.72. The first-order valence-electron chi connectivity index (χ1n) is 14.7. The van der Waals surface area contributed by atoms with E-state index in [-0.39, 0.29) is 25.4 Å². The van der Waals surface area contributed by atoms with Crippen molar-refractivity contribution in [1.82, 2.24) is 15.2 Å². The van der Waals surface area contributed by atoms with Crippen LogP contribution in [0, 0.1) is 0 Å². The molecule has 0 spiro atoms. The summed E-state index contributed by atoms with van der Waals surface area (Å²) in [6.45, 7) is 5.83. The van der Waals surface area contributed by atoms with Crippen LogP contribution in [0.15, 0.2) is 54.9 Å². The van der Waals surface area contributed by atoms with Crippen LogP contribution in [0.1, 0.15) is 64.0 Å². The summed E-state index contributed by atoms with van der Waals surface area (Å²) in [5.41, 5.74) is 2.09. The molecule has 0 saturated carbocycles. The average Bonchev–Trinajstić information content (AvgIpc) is 2.98. The van der Waals surface area contributed by atoms with Crippen molar-refractivity contribution in [3.8, 4) is 5.75 Å². The zero-order valence-electron chi connectivity index (χ0n) is 25.0. The van der Waals surface area contributed by atoms with Gasteiger partial charge in [0.15, 0.2) is 6.61 Å². The molecule has 0 radical (unpaired) electrons. The molecule has 2 aliphatic rings. The molecule has 1 aliphatic heterocycles. The van der Waals surface area contributed by atoms with Crippen molar-refractivity contribution in [1.29, 1.82) is 0 Å². The van der Waals surface area contributed by atoms with Gasteiger partial charge in [-0.1, -0.05) is 36.4 Å². The van der Waals surface area contributed by atoms with Crippen LogP contribution in [-0.2, 0) is 25.6 Å². The Bertz CT molecular complexity index is 1280. The maximum absolute atomic E-state index is 13.3. The molecule has 1 aliphatic carbocycles. The number of pyridine rings is 1. The van der Waals surface area contributed by atoms with Crippen LogP contribution in [0.4, 0.5) is 9.59 Å². The van der Waals surface area contributed by atoms with Gasteiger partial charge in [0.2, 0.25) is 0 Å². The molecule has 43 heavy (non-hydrogen) atoms. The number of likely N-dealkylation sites (tertiary alicyclic amines) is 1. The Balaban J connectivity index is 1.42. The summed E-state index contributed by atoms with van der Waals surface area (Å²) >= 11 is 0. The normalized spacial score (nSPS) is 20.5. The molecule has 232 valence electrons. The topological polar surface area (TPSA) is 137 Å². The van der Waals surface area contributed by atoms with Crippen LogP contribution >= 0.6 is 0 Å². The van der Waals surface area contributed by atoms with Crippen molar-refractivity contribution >= 4 is 23.7 Å². The number of carbonyl (C=O) groups excluding carboxylic acids is 2. The number of rotatable bonds is 10. The first-order valence-corrected chi connectivity index (χ1v) is 14.7. The second-order valence-corrected chi connectivity index (χ2v) is 11.7. The van der Waals surface area contributed by atoms with Crippen molar-refractivity contribution in [3.05, 3.63) is 66.0 Å². The Morgan fingerprint density at radius 1 is 1.12 bits per heavy atom. The van der Waals surface area contributed by atoms with Gasteiger partial charge in [-0.25, -0.2) is 14.4 Å². The minimum absolute atomic E-state index is 0.0970. The zero-order valence-corrected chi connectivity index (χ0v) is 25.0. The van der Waals surface area contributed by atoms with Gasteiger partial charge in [0.05, 0.1) is 31.0 Å². The number of allylic oxidation sites excluding steroid dienone is 1. The van der Waals surface area contributed by atoms with Gasteiger partial charge >= 0.3 is 18.2 Å². The fourth-order valence-electron chi connectivity index (χ4n) is 5.26. The number of carboxylic acids is 1. The van der Waals surface area contributed by atoms with E-state index in [4.69, 9.17) is 24.1 Å². The number of alkyl carbamates (subject to hydrolysis) is 1. The molecule has 2 amide bonds.